The molecule has 0 spiro atoms. The van der Waals surface area contributed by atoms with E-state index in [1.165, 1.54) is 18.2 Å². The first kappa shape index (κ1) is 16.8. The van der Waals surface area contributed by atoms with Crippen LogP contribution >= 0.6 is 11.6 Å². The molecule has 0 aliphatic heterocycles. The summed E-state index contributed by atoms with van der Waals surface area (Å²) in [6.07, 6.45) is 0. The number of anilines is 1. The molecule has 0 aromatic heterocycles. The number of amides is 2. The minimum atomic E-state index is -0.430. The van der Waals surface area contributed by atoms with Gasteiger partial charge >= 0.3 is 0 Å². The van der Waals surface area contributed by atoms with Crippen LogP contribution in [-0.4, -0.2) is 22.8 Å². The summed E-state index contributed by atoms with van der Waals surface area (Å²) in [7, 11) is 0. The Morgan fingerprint density at radius 3 is 2.52 bits per heavy atom. The van der Waals surface area contributed by atoms with Crippen molar-refractivity contribution in [1.29, 1.82) is 0 Å². The number of carbonyl (C=O) groups is 2. The van der Waals surface area contributed by atoms with E-state index < -0.39 is 5.91 Å². The first-order valence-corrected chi connectivity index (χ1v) is 7.59. The summed E-state index contributed by atoms with van der Waals surface area (Å²) in [6, 6.07) is 13.5. The van der Waals surface area contributed by atoms with Crippen LogP contribution in [0.4, 0.5) is 5.69 Å². The SMILES string of the molecule is C[C@H](NC(=O)c1cc(NC(=O)CCl)ccc1O)c1ccccc1. The standard InChI is InChI=1S/C17H17ClN2O3/c1-11(12-5-3-2-4-6-12)19-17(23)14-9-13(7-8-15(14)21)20-16(22)10-18/h2-9,11,21H,10H2,1H3,(H,19,23)(H,20,22)/t11-/m0/s1. The first-order chi connectivity index (χ1) is 11.0. The van der Waals surface area contributed by atoms with Crippen LogP contribution in [0.2, 0.25) is 0 Å². The number of nitrogens with one attached hydrogen (secondary N) is 2. The average molecular weight is 333 g/mol. The van der Waals surface area contributed by atoms with E-state index in [9.17, 15) is 14.7 Å². The van der Waals surface area contributed by atoms with Crippen LogP contribution in [0, 0.1) is 0 Å². The second-order valence-electron chi connectivity index (χ2n) is 5.02. The lowest BCUT2D eigenvalue weighted by molar-refractivity contribution is -0.113. The van der Waals surface area contributed by atoms with Crippen molar-refractivity contribution in [2.24, 2.45) is 0 Å². The topological polar surface area (TPSA) is 78.4 Å². The molecule has 0 fully saturated rings. The highest BCUT2D eigenvalue weighted by Crippen LogP contribution is 2.22. The van der Waals surface area contributed by atoms with Gasteiger partial charge in [-0.05, 0) is 30.7 Å². The summed E-state index contributed by atoms with van der Waals surface area (Å²) in [5.41, 5.74) is 1.43. The third kappa shape index (κ3) is 4.47. The molecule has 0 aliphatic rings. The zero-order valence-corrected chi connectivity index (χ0v) is 13.3. The summed E-state index contributed by atoms with van der Waals surface area (Å²) in [6.45, 7) is 1.85. The number of hydrogen-bond donors (Lipinski definition) is 3. The molecule has 1 atom stereocenters. The van der Waals surface area contributed by atoms with Crippen molar-refractivity contribution >= 4 is 29.1 Å². The van der Waals surface area contributed by atoms with Gasteiger partial charge in [0.1, 0.15) is 11.6 Å². The van der Waals surface area contributed by atoms with Crippen molar-refractivity contribution in [3.8, 4) is 5.75 Å². The molecule has 0 saturated heterocycles. The highest BCUT2D eigenvalue weighted by molar-refractivity contribution is 6.29. The number of halogens is 1. The Hall–Kier alpha value is -2.53. The maximum Gasteiger partial charge on any atom is 0.255 e. The highest BCUT2D eigenvalue weighted by Gasteiger charge is 2.16. The van der Waals surface area contributed by atoms with Gasteiger partial charge in [-0.15, -0.1) is 11.6 Å². The molecule has 2 aromatic carbocycles. The number of phenols is 1. The van der Waals surface area contributed by atoms with Gasteiger partial charge in [0.15, 0.2) is 0 Å². The fraction of sp³-hybridized carbons (Fsp3) is 0.176. The molecule has 0 saturated carbocycles. The zero-order chi connectivity index (χ0) is 16.8. The molecule has 2 rings (SSSR count). The van der Waals surface area contributed by atoms with Gasteiger partial charge in [-0.1, -0.05) is 30.3 Å². The van der Waals surface area contributed by atoms with Crippen LogP contribution in [0.25, 0.3) is 0 Å². The Kier molecular flexibility index (Phi) is 5.60. The molecule has 2 amide bonds. The molecular formula is C17H17ClN2O3. The predicted octanol–water partition coefficient (Wildman–Crippen LogP) is 3.06. The number of rotatable bonds is 5. The van der Waals surface area contributed by atoms with E-state index in [1.807, 2.05) is 37.3 Å². The molecule has 0 bridgehead atoms. The smallest absolute Gasteiger partial charge is 0.255 e. The van der Waals surface area contributed by atoms with Crippen LogP contribution in [0.3, 0.4) is 0 Å². The molecule has 0 radical (unpaired) electrons. The van der Waals surface area contributed by atoms with E-state index >= 15 is 0 Å². The Morgan fingerprint density at radius 1 is 1.17 bits per heavy atom. The number of alkyl halides is 1. The third-order valence-electron chi connectivity index (χ3n) is 3.29. The number of hydrogen-bond acceptors (Lipinski definition) is 3. The van der Waals surface area contributed by atoms with Crippen molar-refractivity contribution in [2.75, 3.05) is 11.2 Å². The monoisotopic (exact) mass is 332 g/mol. The molecule has 5 nitrogen and oxygen atoms in total. The van der Waals surface area contributed by atoms with E-state index in [1.54, 1.807) is 0 Å². The van der Waals surface area contributed by atoms with Crippen molar-refractivity contribution in [1.82, 2.24) is 5.32 Å². The van der Waals surface area contributed by atoms with Crippen LogP contribution in [0.5, 0.6) is 5.75 Å². The number of carbonyl (C=O) groups excluding carboxylic acids is 2. The van der Waals surface area contributed by atoms with Gasteiger partial charge in [0.05, 0.1) is 11.6 Å². The lowest BCUT2D eigenvalue weighted by atomic mass is 10.1. The van der Waals surface area contributed by atoms with E-state index in [0.717, 1.165) is 5.56 Å². The molecule has 0 heterocycles. The third-order valence-corrected chi connectivity index (χ3v) is 3.54. The fourth-order valence-corrected chi connectivity index (χ4v) is 2.16. The highest BCUT2D eigenvalue weighted by atomic mass is 35.5. The average Bonchev–Trinajstić information content (AvgIpc) is 2.57. The maximum atomic E-state index is 12.3. The number of phenolic OH excluding ortho intramolecular Hbond substituents is 1. The predicted molar refractivity (Wildman–Crippen MR) is 89.8 cm³/mol. The van der Waals surface area contributed by atoms with Crippen molar-refractivity contribution in [3.05, 3.63) is 59.7 Å². The molecule has 6 heteroatoms. The molecule has 3 N–H and O–H groups in total. The Morgan fingerprint density at radius 2 is 1.87 bits per heavy atom. The second-order valence-corrected chi connectivity index (χ2v) is 5.29. The Labute approximate surface area is 139 Å². The lowest BCUT2D eigenvalue weighted by Gasteiger charge is -2.15. The van der Waals surface area contributed by atoms with Gasteiger partial charge < -0.3 is 15.7 Å². The molecule has 0 unspecified atom stereocenters. The van der Waals surface area contributed by atoms with E-state index in [-0.39, 0.29) is 29.1 Å². The largest absolute Gasteiger partial charge is 0.507 e. The van der Waals surface area contributed by atoms with Crippen LogP contribution in [-0.2, 0) is 4.79 Å². The van der Waals surface area contributed by atoms with Gasteiger partial charge in [-0.2, -0.15) is 0 Å². The molecule has 23 heavy (non-hydrogen) atoms. The van der Waals surface area contributed by atoms with Crippen molar-refractivity contribution < 1.29 is 14.7 Å². The van der Waals surface area contributed by atoms with Crippen molar-refractivity contribution in [2.45, 2.75) is 13.0 Å². The minimum Gasteiger partial charge on any atom is -0.507 e. The molecule has 2 aromatic rings. The molecular weight excluding hydrogens is 316 g/mol. The van der Waals surface area contributed by atoms with Crippen molar-refractivity contribution in [3.63, 3.8) is 0 Å². The number of benzene rings is 2. The summed E-state index contributed by atoms with van der Waals surface area (Å²) >= 11 is 5.43. The first-order valence-electron chi connectivity index (χ1n) is 7.06. The zero-order valence-electron chi connectivity index (χ0n) is 12.5. The summed E-state index contributed by atoms with van der Waals surface area (Å²) in [5, 5.41) is 15.2. The Balaban J connectivity index is 2.15. The lowest BCUT2D eigenvalue weighted by Crippen LogP contribution is -2.26. The number of aromatic hydroxyl groups is 1. The van der Waals surface area contributed by atoms with Gasteiger partial charge in [0.2, 0.25) is 5.91 Å². The van der Waals surface area contributed by atoms with E-state index in [2.05, 4.69) is 10.6 Å². The van der Waals surface area contributed by atoms with Crippen LogP contribution in [0.15, 0.2) is 48.5 Å². The molecule has 0 aliphatic carbocycles. The quantitative estimate of drug-likeness (QED) is 0.581. The fourth-order valence-electron chi connectivity index (χ4n) is 2.09. The van der Waals surface area contributed by atoms with Crippen LogP contribution in [0.1, 0.15) is 28.9 Å². The summed E-state index contributed by atoms with van der Waals surface area (Å²) in [5.74, 6) is -1.16. The van der Waals surface area contributed by atoms with Gasteiger partial charge in [0, 0.05) is 5.69 Å². The summed E-state index contributed by atoms with van der Waals surface area (Å²) < 4.78 is 0. The van der Waals surface area contributed by atoms with Gasteiger partial charge in [-0.25, -0.2) is 0 Å². The van der Waals surface area contributed by atoms with E-state index in [0.29, 0.717) is 5.69 Å². The van der Waals surface area contributed by atoms with Crippen LogP contribution < -0.4 is 10.6 Å². The maximum absolute atomic E-state index is 12.3. The minimum absolute atomic E-state index is 0.0835. The summed E-state index contributed by atoms with van der Waals surface area (Å²) in [4.78, 5) is 23.7. The van der Waals surface area contributed by atoms with Gasteiger partial charge in [0.25, 0.3) is 5.91 Å². The normalized spacial score (nSPS) is 11.6. The Bertz CT molecular complexity index is 704. The molecule has 120 valence electrons. The van der Waals surface area contributed by atoms with E-state index in [4.69, 9.17) is 11.6 Å². The second kappa shape index (κ2) is 7.65. The van der Waals surface area contributed by atoms with Gasteiger partial charge in [-0.3, -0.25) is 9.59 Å².